The number of rotatable bonds is 4. The first kappa shape index (κ1) is 18.2. The zero-order chi connectivity index (χ0) is 18.5. The van der Waals surface area contributed by atoms with Crippen LogP contribution in [0.1, 0.15) is 41.6 Å². The van der Waals surface area contributed by atoms with Crippen LogP contribution in [0.3, 0.4) is 0 Å². The molecule has 2 aromatic rings. The summed E-state index contributed by atoms with van der Waals surface area (Å²) >= 11 is 5.93. The van der Waals surface area contributed by atoms with Crippen LogP contribution in [0.15, 0.2) is 36.5 Å². The number of pyridine rings is 1. The van der Waals surface area contributed by atoms with E-state index in [1.807, 2.05) is 6.07 Å². The van der Waals surface area contributed by atoms with Crippen LogP contribution < -0.4 is 10.1 Å². The number of ether oxygens (including phenoxy) is 1. The molecule has 134 valence electrons. The monoisotopic (exact) mass is 373 g/mol. The van der Waals surface area contributed by atoms with Gasteiger partial charge in [-0.2, -0.15) is 5.26 Å². The predicted octanol–water partition coefficient (Wildman–Crippen LogP) is 3.87. The maximum atomic E-state index is 13.8. The molecule has 1 amide bonds. The van der Waals surface area contributed by atoms with Crippen LogP contribution in [0.25, 0.3) is 0 Å². The average molecular weight is 374 g/mol. The van der Waals surface area contributed by atoms with Crippen molar-refractivity contribution in [3.05, 3.63) is 58.5 Å². The fraction of sp³-hybridized carbons (Fsp3) is 0.316. The summed E-state index contributed by atoms with van der Waals surface area (Å²) in [6, 6.07) is 9.47. The number of carbonyl (C=O) groups is 1. The van der Waals surface area contributed by atoms with Crippen molar-refractivity contribution in [3.63, 3.8) is 0 Å². The van der Waals surface area contributed by atoms with E-state index in [-0.39, 0.29) is 22.7 Å². The van der Waals surface area contributed by atoms with Crippen LogP contribution in [-0.4, -0.2) is 23.0 Å². The van der Waals surface area contributed by atoms with E-state index in [4.69, 9.17) is 21.6 Å². The molecule has 1 aliphatic rings. The molecule has 0 unspecified atom stereocenters. The number of hydrogen-bond donors (Lipinski definition) is 1. The van der Waals surface area contributed by atoms with Crippen LogP contribution in [0.2, 0.25) is 5.02 Å². The second kappa shape index (κ2) is 8.15. The minimum absolute atomic E-state index is 0.000590. The molecule has 1 heterocycles. The SMILES string of the molecule is N#Cc1ccc(OC2CCC(NC(=O)c3c(F)cccc3Cl)CC2)nc1. The van der Waals surface area contributed by atoms with Crippen LogP contribution in [-0.2, 0) is 0 Å². The molecule has 0 radical (unpaired) electrons. The Hall–Kier alpha value is -2.65. The van der Waals surface area contributed by atoms with Gasteiger partial charge in [-0.1, -0.05) is 17.7 Å². The highest BCUT2D eigenvalue weighted by atomic mass is 35.5. The third-order valence-corrected chi connectivity index (χ3v) is 4.67. The number of benzene rings is 1. The molecule has 7 heteroatoms. The molecule has 1 fully saturated rings. The zero-order valence-corrected chi connectivity index (χ0v) is 14.7. The molecule has 3 rings (SSSR count). The highest BCUT2D eigenvalue weighted by Crippen LogP contribution is 2.24. The van der Waals surface area contributed by atoms with Crippen molar-refractivity contribution in [2.75, 3.05) is 0 Å². The number of nitriles is 1. The van der Waals surface area contributed by atoms with Gasteiger partial charge in [0.05, 0.1) is 16.1 Å². The van der Waals surface area contributed by atoms with Gasteiger partial charge in [-0.3, -0.25) is 4.79 Å². The molecule has 1 saturated carbocycles. The molecule has 1 N–H and O–H groups in total. The van der Waals surface area contributed by atoms with Gasteiger partial charge in [0, 0.05) is 18.3 Å². The molecule has 1 aliphatic carbocycles. The molecule has 1 aromatic carbocycles. The second-order valence-corrected chi connectivity index (χ2v) is 6.57. The van der Waals surface area contributed by atoms with Crippen molar-refractivity contribution < 1.29 is 13.9 Å². The number of halogens is 2. The summed E-state index contributed by atoms with van der Waals surface area (Å²) in [7, 11) is 0. The van der Waals surface area contributed by atoms with Crippen LogP contribution >= 0.6 is 11.6 Å². The largest absolute Gasteiger partial charge is 0.474 e. The topological polar surface area (TPSA) is 75.0 Å². The third kappa shape index (κ3) is 4.30. The Bertz CT molecular complexity index is 807. The second-order valence-electron chi connectivity index (χ2n) is 6.16. The lowest BCUT2D eigenvalue weighted by Gasteiger charge is -2.29. The minimum atomic E-state index is -0.626. The standard InChI is InChI=1S/C19H17ClFN3O2/c20-15-2-1-3-16(21)18(15)19(25)24-13-5-7-14(8-6-13)26-17-9-4-12(10-22)11-23-17/h1-4,9,11,13-14H,5-8H2,(H,24,25). The van der Waals surface area contributed by atoms with Crippen LogP contribution in [0, 0.1) is 17.1 Å². The lowest BCUT2D eigenvalue weighted by molar-refractivity contribution is 0.0886. The van der Waals surface area contributed by atoms with Gasteiger partial charge < -0.3 is 10.1 Å². The van der Waals surface area contributed by atoms with E-state index in [0.717, 1.165) is 25.7 Å². The number of amides is 1. The Labute approximate surface area is 155 Å². The summed E-state index contributed by atoms with van der Waals surface area (Å²) in [5.41, 5.74) is 0.366. The first-order valence-corrected chi connectivity index (χ1v) is 8.72. The Morgan fingerprint density at radius 1 is 1.27 bits per heavy atom. The van der Waals surface area contributed by atoms with Gasteiger partial charge in [0.15, 0.2) is 0 Å². The van der Waals surface area contributed by atoms with Crippen molar-refractivity contribution in [3.8, 4) is 11.9 Å². The molecule has 0 aliphatic heterocycles. The zero-order valence-electron chi connectivity index (χ0n) is 13.9. The first-order chi connectivity index (χ1) is 12.6. The third-order valence-electron chi connectivity index (χ3n) is 4.35. The van der Waals surface area contributed by atoms with Gasteiger partial charge in [0.2, 0.25) is 5.88 Å². The molecular formula is C19H17ClFN3O2. The maximum absolute atomic E-state index is 13.8. The smallest absolute Gasteiger partial charge is 0.255 e. The van der Waals surface area contributed by atoms with Crippen LogP contribution in [0.4, 0.5) is 4.39 Å². The van der Waals surface area contributed by atoms with E-state index in [1.165, 1.54) is 24.4 Å². The van der Waals surface area contributed by atoms with Crippen molar-refractivity contribution in [1.29, 1.82) is 5.26 Å². The van der Waals surface area contributed by atoms with E-state index in [1.54, 1.807) is 12.1 Å². The lowest BCUT2D eigenvalue weighted by atomic mass is 9.92. The van der Waals surface area contributed by atoms with Gasteiger partial charge >= 0.3 is 0 Å². The molecular weight excluding hydrogens is 357 g/mol. The van der Waals surface area contributed by atoms with Crippen molar-refractivity contribution in [2.24, 2.45) is 0 Å². The number of nitrogens with one attached hydrogen (secondary N) is 1. The number of aromatic nitrogens is 1. The molecule has 5 nitrogen and oxygen atoms in total. The van der Waals surface area contributed by atoms with E-state index < -0.39 is 11.7 Å². The number of hydrogen-bond acceptors (Lipinski definition) is 4. The van der Waals surface area contributed by atoms with E-state index >= 15 is 0 Å². The maximum Gasteiger partial charge on any atom is 0.255 e. The molecule has 1 aromatic heterocycles. The Morgan fingerprint density at radius 2 is 2.04 bits per heavy atom. The summed E-state index contributed by atoms with van der Waals surface area (Å²) in [4.78, 5) is 16.4. The quantitative estimate of drug-likeness (QED) is 0.882. The van der Waals surface area contributed by atoms with Gasteiger partial charge in [-0.15, -0.1) is 0 Å². The molecule has 26 heavy (non-hydrogen) atoms. The van der Waals surface area contributed by atoms with Gasteiger partial charge in [0.1, 0.15) is 18.0 Å². The van der Waals surface area contributed by atoms with Gasteiger partial charge in [0.25, 0.3) is 5.91 Å². The summed E-state index contributed by atoms with van der Waals surface area (Å²) in [5, 5.41) is 11.7. The Kier molecular flexibility index (Phi) is 5.69. The minimum Gasteiger partial charge on any atom is -0.474 e. The number of carbonyl (C=O) groups excluding carboxylic acids is 1. The molecule has 0 bridgehead atoms. The fourth-order valence-corrected chi connectivity index (χ4v) is 3.23. The van der Waals surface area contributed by atoms with Gasteiger partial charge in [-0.25, -0.2) is 9.37 Å². The highest BCUT2D eigenvalue weighted by Gasteiger charge is 2.25. The lowest BCUT2D eigenvalue weighted by Crippen LogP contribution is -2.40. The summed E-state index contributed by atoms with van der Waals surface area (Å²) in [6.45, 7) is 0. The Morgan fingerprint density at radius 3 is 2.65 bits per heavy atom. The number of nitrogens with zero attached hydrogens (tertiary/aromatic N) is 2. The Balaban J connectivity index is 1.52. The van der Waals surface area contributed by atoms with E-state index in [2.05, 4.69) is 10.3 Å². The van der Waals surface area contributed by atoms with Crippen LogP contribution in [0.5, 0.6) is 5.88 Å². The molecule has 0 spiro atoms. The predicted molar refractivity (Wildman–Crippen MR) is 94.5 cm³/mol. The fourth-order valence-electron chi connectivity index (χ4n) is 2.98. The molecule has 0 atom stereocenters. The average Bonchev–Trinajstić information content (AvgIpc) is 2.64. The van der Waals surface area contributed by atoms with Gasteiger partial charge in [-0.05, 0) is 43.9 Å². The van der Waals surface area contributed by atoms with Crippen molar-refractivity contribution >= 4 is 17.5 Å². The summed E-state index contributed by atoms with van der Waals surface area (Å²) < 4.78 is 19.6. The molecule has 0 saturated heterocycles. The van der Waals surface area contributed by atoms with E-state index in [9.17, 15) is 9.18 Å². The van der Waals surface area contributed by atoms with E-state index in [0.29, 0.717) is 11.4 Å². The summed E-state index contributed by atoms with van der Waals surface area (Å²) in [6.07, 6.45) is 4.41. The first-order valence-electron chi connectivity index (χ1n) is 8.34. The van der Waals surface area contributed by atoms with Crippen molar-refractivity contribution in [1.82, 2.24) is 10.3 Å². The van der Waals surface area contributed by atoms with Crippen molar-refractivity contribution in [2.45, 2.75) is 37.8 Å². The normalized spacial score (nSPS) is 19.4. The highest BCUT2D eigenvalue weighted by molar-refractivity contribution is 6.33. The summed E-state index contributed by atoms with van der Waals surface area (Å²) in [5.74, 6) is -0.639.